The third-order valence-corrected chi connectivity index (χ3v) is 5.18. The van der Waals surface area contributed by atoms with Gasteiger partial charge in [0, 0.05) is 18.7 Å². The number of ether oxygens (including phenoxy) is 1. The molecule has 2 amide bonds. The highest BCUT2D eigenvalue weighted by atomic mass is 79.9. The van der Waals surface area contributed by atoms with Crippen LogP contribution in [0.1, 0.15) is 47.4 Å². The number of carbonyl (C=O) groups is 2. The third kappa shape index (κ3) is 4.93. The summed E-state index contributed by atoms with van der Waals surface area (Å²) in [4.78, 5) is 27.3. The van der Waals surface area contributed by atoms with Crippen molar-refractivity contribution in [2.45, 2.75) is 26.7 Å². The van der Waals surface area contributed by atoms with Crippen LogP contribution in [0.25, 0.3) is 0 Å². The molecular formula is C22H25BrN2O3. The van der Waals surface area contributed by atoms with Crippen LogP contribution in [0.5, 0.6) is 5.75 Å². The van der Waals surface area contributed by atoms with Crippen LogP contribution in [0.15, 0.2) is 46.9 Å². The molecule has 0 aliphatic carbocycles. The van der Waals surface area contributed by atoms with E-state index in [2.05, 4.69) is 35.1 Å². The molecule has 1 heterocycles. The third-order valence-electron chi connectivity index (χ3n) is 4.57. The zero-order valence-corrected chi connectivity index (χ0v) is 17.8. The van der Waals surface area contributed by atoms with E-state index in [4.69, 9.17) is 4.74 Å². The van der Waals surface area contributed by atoms with Gasteiger partial charge in [-0.1, -0.05) is 26.0 Å². The molecule has 1 fully saturated rings. The van der Waals surface area contributed by atoms with Crippen LogP contribution in [-0.4, -0.2) is 36.4 Å². The van der Waals surface area contributed by atoms with Crippen LogP contribution in [0.2, 0.25) is 0 Å². The topological polar surface area (TPSA) is 58.6 Å². The average Bonchev–Trinajstić information content (AvgIpc) is 3.21. The van der Waals surface area contributed by atoms with E-state index in [1.807, 2.05) is 17.0 Å². The van der Waals surface area contributed by atoms with E-state index in [1.165, 1.54) is 0 Å². The molecular weight excluding hydrogens is 420 g/mol. The first kappa shape index (κ1) is 20.4. The number of nitrogens with one attached hydrogen (secondary N) is 1. The average molecular weight is 445 g/mol. The van der Waals surface area contributed by atoms with Crippen molar-refractivity contribution < 1.29 is 14.3 Å². The lowest BCUT2D eigenvalue weighted by atomic mass is 10.1. The van der Waals surface area contributed by atoms with Crippen LogP contribution in [0.3, 0.4) is 0 Å². The fourth-order valence-corrected chi connectivity index (χ4v) is 3.57. The van der Waals surface area contributed by atoms with Crippen LogP contribution < -0.4 is 10.1 Å². The molecule has 1 saturated heterocycles. The van der Waals surface area contributed by atoms with Crippen molar-refractivity contribution in [1.82, 2.24) is 4.90 Å². The van der Waals surface area contributed by atoms with Crippen molar-refractivity contribution in [3.05, 3.63) is 58.1 Å². The zero-order valence-electron chi connectivity index (χ0n) is 16.2. The molecule has 3 rings (SSSR count). The van der Waals surface area contributed by atoms with Crippen LogP contribution in [-0.2, 0) is 0 Å². The highest BCUT2D eigenvalue weighted by Gasteiger charge is 2.22. The maximum atomic E-state index is 12.8. The summed E-state index contributed by atoms with van der Waals surface area (Å²) < 4.78 is 6.45. The smallest absolute Gasteiger partial charge is 0.255 e. The molecule has 0 unspecified atom stereocenters. The minimum absolute atomic E-state index is 0.0352. The van der Waals surface area contributed by atoms with E-state index < -0.39 is 0 Å². The van der Waals surface area contributed by atoms with E-state index in [0.29, 0.717) is 35.1 Å². The lowest BCUT2D eigenvalue weighted by Gasteiger charge is -2.18. The van der Waals surface area contributed by atoms with Crippen molar-refractivity contribution in [3.8, 4) is 5.75 Å². The Morgan fingerprint density at radius 2 is 1.86 bits per heavy atom. The number of carbonyl (C=O) groups excluding carboxylic acids is 2. The Morgan fingerprint density at radius 3 is 2.54 bits per heavy atom. The molecule has 1 N–H and O–H groups in total. The number of hydrogen-bond donors (Lipinski definition) is 1. The molecule has 2 aromatic rings. The molecule has 2 aromatic carbocycles. The van der Waals surface area contributed by atoms with E-state index in [1.54, 1.807) is 30.3 Å². The Labute approximate surface area is 174 Å². The van der Waals surface area contributed by atoms with Gasteiger partial charge in [-0.2, -0.15) is 0 Å². The summed E-state index contributed by atoms with van der Waals surface area (Å²) in [5.41, 5.74) is 1.54. The number of para-hydroxylation sites is 1. The normalized spacial score (nSPS) is 13.6. The number of amides is 2. The van der Waals surface area contributed by atoms with E-state index >= 15 is 0 Å². The van der Waals surface area contributed by atoms with Gasteiger partial charge in [-0.3, -0.25) is 9.59 Å². The fraction of sp³-hybridized carbons (Fsp3) is 0.364. The second-order valence-electron chi connectivity index (χ2n) is 7.35. The van der Waals surface area contributed by atoms with Gasteiger partial charge in [0.2, 0.25) is 0 Å². The molecule has 1 aliphatic rings. The van der Waals surface area contributed by atoms with Crippen molar-refractivity contribution in [1.29, 1.82) is 0 Å². The molecule has 0 saturated carbocycles. The number of nitrogens with zero attached hydrogens (tertiary/aromatic N) is 1. The SMILES string of the molecule is CC(C)COc1ccc(C(=O)Nc2ccccc2C(=O)N2CCCC2)cc1Br. The maximum absolute atomic E-state index is 12.8. The lowest BCUT2D eigenvalue weighted by Crippen LogP contribution is -2.28. The molecule has 6 heteroatoms. The van der Waals surface area contributed by atoms with Gasteiger partial charge in [0.25, 0.3) is 11.8 Å². The zero-order chi connectivity index (χ0) is 20.1. The summed E-state index contributed by atoms with van der Waals surface area (Å²) in [7, 11) is 0. The first-order valence-electron chi connectivity index (χ1n) is 9.57. The summed E-state index contributed by atoms with van der Waals surface area (Å²) in [5.74, 6) is 0.819. The number of anilines is 1. The van der Waals surface area contributed by atoms with Gasteiger partial charge in [0.1, 0.15) is 5.75 Å². The molecule has 0 atom stereocenters. The second-order valence-corrected chi connectivity index (χ2v) is 8.20. The number of likely N-dealkylation sites (tertiary alicyclic amines) is 1. The summed E-state index contributed by atoms with van der Waals surface area (Å²) in [5, 5.41) is 2.88. The monoisotopic (exact) mass is 444 g/mol. The molecule has 28 heavy (non-hydrogen) atoms. The standard InChI is InChI=1S/C22H25BrN2O3/c1-15(2)14-28-20-10-9-16(13-18(20)23)21(26)24-19-8-4-3-7-17(19)22(27)25-11-5-6-12-25/h3-4,7-10,13,15H,5-6,11-12,14H2,1-2H3,(H,24,26). The van der Waals surface area contributed by atoms with Gasteiger partial charge in [-0.25, -0.2) is 0 Å². The minimum atomic E-state index is -0.266. The summed E-state index contributed by atoms with van der Waals surface area (Å²) in [6.07, 6.45) is 2.05. The van der Waals surface area contributed by atoms with Crippen LogP contribution in [0.4, 0.5) is 5.69 Å². The molecule has 0 bridgehead atoms. The Morgan fingerprint density at radius 1 is 1.14 bits per heavy atom. The van der Waals surface area contributed by atoms with Crippen molar-refractivity contribution in [2.24, 2.45) is 5.92 Å². The van der Waals surface area contributed by atoms with Crippen molar-refractivity contribution >= 4 is 33.4 Å². The number of benzene rings is 2. The molecule has 1 aliphatic heterocycles. The van der Waals surface area contributed by atoms with Gasteiger partial charge in [0.05, 0.1) is 22.3 Å². The molecule has 0 radical (unpaired) electrons. The molecule has 148 valence electrons. The Bertz CT molecular complexity index is 861. The van der Waals surface area contributed by atoms with Crippen LogP contribution >= 0.6 is 15.9 Å². The quantitative estimate of drug-likeness (QED) is 0.683. The van der Waals surface area contributed by atoms with E-state index in [-0.39, 0.29) is 11.8 Å². The Hall–Kier alpha value is -2.34. The van der Waals surface area contributed by atoms with Gasteiger partial charge in [-0.15, -0.1) is 0 Å². The molecule has 0 aromatic heterocycles. The van der Waals surface area contributed by atoms with Crippen LogP contribution in [0, 0.1) is 5.92 Å². The van der Waals surface area contributed by atoms with Gasteiger partial charge in [-0.05, 0) is 65.0 Å². The van der Waals surface area contributed by atoms with E-state index in [0.717, 1.165) is 30.4 Å². The largest absolute Gasteiger partial charge is 0.492 e. The number of rotatable bonds is 6. The molecule has 5 nitrogen and oxygen atoms in total. The summed E-state index contributed by atoms with van der Waals surface area (Å²) in [6, 6.07) is 12.4. The van der Waals surface area contributed by atoms with Crippen molar-refractivity contribution in [2.75, 3.05) is 25.0 Å². The highest BCUT2D eigenvalue weighted by molar-refractivity contribution is 9.10. The predicted molar refractivity (Wildman–Crippen MR) is 114 cm³/mol. The summed E-state index contributed by atoms with van der Waals surface area (Å²) in [6.45, 7) is 6.31. The Balaban J connectivity index is 1.74. The summed E-state index contributed by atoms with van der Waals surface area (Å²) >= 11 is 3.47. The van der Waals surface area contributed by atoms with Gasteiger partial charge in [0.15, 0.2) is 0 Å². The lowest BCUT2D eigenvalue weighted by molar-refractivity contribution is 0.0794. The van der Waals surface area contributed by atoms with Gasteiger partial charge < -0.3 is 15.0 Å². The second kappa shape index (κ2) is 9.24. The maximum Gasteiger partial charge on any atom is 0.255 e. The number of hydrogen-bond acceptors (Lipinski definition) is 3. The van der Waals surface area contributed by atoms with E-state index in [9.17, 15) is 9.59 Å². The first-order valence-corrected chi connectivity index (χ1v) is 10.4. The van der Waals surface area contributed by atoms with Gasteiger partial charge >= 0.3 is 0 Å². The fourth-order valence-electron chi connectivity index (χ4n) is 3.08. The Kier molecular flexibility index (Phi) is 6.73. The predicted octanol–water partition coefficient (Wildman–Crippen LogP) is 4.97. The first-order chi connectivity index (χ1) is 13.5. The number of halogens is 1. The minimum Gasteiger partial charge on any atom is -0.492 e. The highest BCUT2D eigenvalue weighted by Crippen LogP contribution is 2.27. The van der Waals surface area contributed by atoms with Crippen molar-refractivity contribution in [3.63, 3.8) is 0 Å². The molecule has 0 spiro atoms.